The predicted octanol–water partition coefficient (Wildman–Crippen LogP) is 14.4. The zero-order chi connectivity index (χ0) is 81.7. The Morgan fingerprint density at radius 1 is 0.473 bits per heavy atom. The van der Waals surface area contributed by atoms with E-state index in [1.807, 2.05) is 6.08 Å². The van der Waals surface area contributed by atoms with Gasteiger partial charge in [-0.3, -0.25) is 9.59 Å². The topological polar surface area (TPSA) is 373 Å². The van der Waals surface area contributed by atoms with E-state index in [2.05, 4.69) is 48.8 Å². The van der Waals surface area contributed by atoms with Crippen LogP contribution < -0.4 is 10.6 Å². The molecule has 0 aromatic carbocycles. The molecule has 3 rings (SSSR count). The van der Waals surface area contributed by atoms with Gasteiger partial charge in [-0.15, -0.1) is 0 Å². The Bertz CT molecular complexity index is 2360. The molecular formula is C89H164N2O21. The first-order chi connectivity index (χ1) is 54.4. The number of carbonyl (C=O) groups is 3. The molecule has 3 aliphatic heterocycles. The molecule has 3 fully saturated rings. The fraction of sp³-hybridized carbons (Fsp3) is 0.899. The third kappa shape index (κ3) is 45.2. The van der Waals surface area contributed by atoms with E-state index in [9.17, 15) is 75.7 Å². The number of aliphatic carboxylic acids is 1. The Labute approximate surface area is 676 Å². The first-order valence-corrected chi connectivity index (χ1v) is 45.4. The monoisotopic (exact) mass is 1600 g/mol. The van der Waals surface area contributed by atoms with Gasteiger partial charge in [-0.2, -0.15) is 0 Å². The van der Waals surface area contributed by atoms with E-state index in [0.29, 0.717) is 12.8 Å². The lowest BCUT2D eigenvalue weighted by Crippen LogP contribution is -2.70. The van der Waals surface area contributed by atoms with Gasteiger partial charge in [0.2, 0.25) is 11.8 Å². The molecule has 18 unspecified atom stereocenters. The summed E-state index contributed by atoms with van der Waals surface area (Å²) >= 11 is 0. The van der Waals surface area contributed by atoms with Crippen LogP contribution in [0.1, 0.15) is 374 Å². The molecule has 112 heavy (non-hydrogen) atoms. The lowest BCUT2D eigenvalue weighted by atomic mass is 9.88. The summed E-state index contributed by atoms with van der Waals surface area (Å²) in [6.07, 6.45) is 50.4. The van der Waals surface area contributed by atoms with E-state index >= 15 is 0 Å². The Kier molecular flexibility index (Phi) is 61.5. The van der Waals surface area contributed by atoms with Gasteiger partial charge < -0.3 is 100 Å². The molecule has 2 amide bonds. The van der Waals surface area contributed by atoms with Crippen LogP contribution in [0.2, 0.25) is 0 Å². The number of carboxylic acids is 1. The van der Waals surface area contributed by atoms with Gasteiger partial charge in [0.05, 0.1) is 50.7 Å². The van der Waals surface area contributed by atoms with E-state index < -0.39 is 155 Å². The van der Waals surface area contributed by atoms with Crippen LogP contribution in [0.3, 0.4) is 0 Å². The van der Waals surface area contributed by atoms with Gasteiger partial charge in [0.1, 0.15) is 67.1 Å². The second-order valence-corrected chi connectivity index (χ2v) is 32.8. The molecule has 3 heterocycles. The highest BCUT2D eigenvalue weighted by Crippen LogP contribution is 2.39. The third-order valence-corrected chi connectivity index (χ3v) is 22.8. The van der Waals surface area contributed by atoms with Crippen molar-refractivity contribution < 1.29 is 104 Å². The molecular weight excluding hydrogens is 1430 g/mol. The third-order valence-electron chi connectivity index (χ3n) is 22.8. The number of aliphatic hydroxyl groups is 11. The zero-order valence-corrected chi connectivity index (χ0v) is 70.0. The first kappa shape index (κ1) is 103. The molecule has 0 spiro atoms. The fourth-order valence-corrected chi connectivity index (χ4v) is 15.7. The minimum absolute atomic E-state index is 0.202. The van der Waals surface area contributed by atoms with Crippen LogP contribution in [0.15, 0.2) is 36.5 Å². The van der Waals surface area contributed by atoms with Crippen LogP contribution >= 0.6 is 0 Å². The summed E-state index contributed by atoms with van der Waals surface area (Å²) in [5.41, 5.74) is 0. The fourth-order valence-electron chi connectivity index (χ4n) is 15.7. The van der Waals surface area contributed by atoms with Crippen molar-refractivity contribution in [2.45, 2.75) is 484 Å². The van der Waals surface area contributed by atoms with Gasteiger partial charge in [0, 0.05) is 19.8 Å². The number of rotatable bonds is 73. The molecule has 18 atom stereocenters. The van der Waals surface area contributed by atoms with E-state index in [1.165, 1.54) is 276 Å². The molecule has 0 radical (unpaired) electrons. The summed E-state index contributed by atoms with van der Waals surface area (Å²) in [6, 6.07) is -2.62. The molecule has 14 N–H and O–H groups in total. The van der Waals surface area contributed by atoms with Crippen molar-refractivity contribution in [3.8, 4) is 0 Å². The molecule has 0 aliphatic carbocycles. The van der Waals surface area contributed by atoms with Crippen LogP contribution in [0.5, 0.6) is 0 Å². The van der Waals surface area contributed by atoms with Crippen molar-refractivity contribution in [2.75, 3.05) is 26.4 Å². The number of carbonyl (C=O) groups excluding carboxylic acids is 2. The number of amides is 2. The quantitative estimate of drug-likeness (QED) is 0.0199. The molecule has 3 aliphatic rings. The van der Waals surface area contributed by atoms with Crippen LogP contribution in [0.4, 0.5) is 0 Å². The smallest absolute Gasteiger partial charge is 0.364 e. The van der Waals surface area contributed by atoms with Crippen molar-refractivity contribution in [2.24, 2.45) is 0 Å². The van der Waals surface area contributed by atoms with Crippen LogP contribution in [-0.2, 0) is 42.8 Å². The highest BCUT2D eigenvalue weighted by atomic mass is 16.8. The highest BCUT2D eigenvalue weighted by molar-refractivity contribution is 5.77. The van der Waals surface area contributed by atoms with Crippen molar-refractivity contribution in [3.05, 3.63) is 36.5 Å². The van der Waals surface area contributed by atoms with Gasteiger partial charge in [-0.1, -0.05) is 339 Å². The van der Waals surface area contributed by atoms with E-state index in [1.54, 1.807) is 6.08 Å². The summed E-state index contributed by atoms with van der Waals surface area (Å²) < 4.78 is 35.0. The average molecular weight is 1600 g/mol. The second kappa shape index (κ2) is 66.8. The zero-order valence-electron chi connectivity index (χ0n) is 70.0. The number of ether oxygens (including phenoxy) is 6. The molecule has 656 valence electrons. The summed E-state index contributed by atoms with van der Waals surface area (Å²) in [5, 5.41) is 137. The highest BCUT2D eigenvalue weighted by Gasteiger charge is 2.60. The minimum atomic E-state index is -3.09. The van der Waals surface area contributed by atoms with Crippen molar-refractivity contribution in [1.82, 2.24) is 10.6 Å². The number of aliphatic hydroxyl groups excluding tert-OH is 11. The standard InChI is InChI=1S/C89H164N2O21/c1-4-6-8-10-12-14-16-18-20-22-24-26-28-30-31-32-33-34-35-36-37-39-41-43-45-47-49-51-53-55-57-59-61-63-76(99)91-70(71(96)62-60-58-56-54-52-50-48-46-44-42-40-38-29-27-25-23-21-19-17-15-13-11-9-7-5-2)68-107-86-81(103)80(102)83(75(67-94)109-86)110-87-82(104)85(79(101)74(66-93)108-87)112-89(88(105)106)64-72(97)77(90-69(3)95)84(111-89)78(100)73(98)65-92/h24,26,30-31,60,62,70-75,77-87,92-94,96-98,100-104H,4-23,25,27-29,32-59,61,63-68H2,1-3H3,(H,90,95)(H,91,99)(H,105,106)/b26-24-,31-30-,62-60+. The van der Waals surface area contributed by atoms with Gasteiger partial charge in [-0.05, 0) is 51.4 Å². The summed E-state index contributed by atoms with van der Waals surface area (Å²) in [7, 11) is 0. The number of carboxylic acid groups (broad SMARTS) is 1. The van der Waals surface area contributed by atoms with E-state index in [4.69, 9.17) is 28.4 Å². The van der Waals surface area contributed by atoms with Gasteiger partial charge in [0.25, 0.3) is 5.79 Å². The number of hydrogen-bond acceptors (Lipinski definition) is 20. The lowest BCUT2D eigenvalue weighted by Gasteiger charge is -2.50. The summed E-state index contributed by atoms with van der Waals surface area (Å²) in [4.78, 5) is 38.8. The Hall–Kier alpha value is -3.05. The lowest BCUT2D eigenvalue weighted by molar-refractivity contribution is -0.386. The van der Waals surface area contributed by atoms with Crippen molar-refractivity contribution in [1.29, 1.82) is 0 Å². The molecule has 0 aromatic heterocycles. The summed E-state index contributed by atoms with van der Waals surface area (Å²) in [6.45, 7) is 2.21. The molecule has 23 nitrogen and oxygen atoms in total. The number of unbranched alkanes of at least 4 members (excludes halogenated alkanes) is 49. The predicted molar refractivity (Wildman–Crippen MR) is 440 cm³/mol. The molecule has 0 aromatic rings. The van der Waals surface area contributed by atoms with Crippen LogP contribution in [0, 0.1) is 0 Å². The van der Waals surface area contributed by atoms with Gasteiger partial charge >= 0.3 is 5.97 Å². The second-order valence-electron chi connectivity index (χ2n) is 32.8. The largest absolute Gasteiger partial charge is 0.477 e. The maximum absolute atomic E-state index is 13.6. The Balaban J connectivity index is 1.46. The maximum Gasteiger partial charge on any atom is 0.364 e. The molecule has 23 heteroatoms. The van der Waals surface area contributed by atoms with Crippen molar-refractivity contribution in [3.63, 3.8) is 0 Å². The van der Waals surface area contributed by atoms with Gasteiger partial charge in [0.15, 0.2) is 12.6 Å². The first-order valence-electron chi connectivity index (χ1n) is 45.4. The van der Waals surface area contributed by atoms with Crippen molar-refractivity contribution >= 4 is 17.8 Å². The number of nitrogens with one attached hydrogen (secondary N) is 2. The molecule has 3 saturated heterocycles. The number of hydrogen-bond donors (Lipinski definition) is 14. The number of allylic oxidation sites excluding steroid dienone is 5. The normalized spacial score (nSPS) is 25.5. The Morgan fingerprint density at radius 3 is 1.26 bits per heavy atom. The summed E-state index contributed by atoms with van der Waals surface area (Å²) in [5.74, 6) is -6.14. The minimum Gasteiger partial charge on any atom is -0.477 e. The van der Waals surface area contributed by atoms with Gasteiger partial charge in [-0.25, -0.2) is 4.79 Å². The Morgan fingerprint density at radius 2 is 0.866 bits per heavy atom. The SMILES string of the molecule is CCCCCCCCCCC/C=C\C/C=C\CCCCCCCCCCCCCCCCCCCC(=O)NC(COC1OC(CO)C(OC2OC(CO)C(O)C(OC3(C(=O)O)CC(O)C(NC(C)=O)C(C(O)C(O)CO)O3)C2O)C(O)C1O)C(O)/C=C/CCCCCCCCCCCCCCCCCCCCCCCCC. The van der Waals surface area contributed by atoms with E-state index in [0.717, 1.165) is 58.3 Å². The maximum atomic E-state index is 13.6. The van der Waals surface area contributed by atoms with Crippen LogP contribution in [-0.4, -0.2) is 215 Å². The average Bonchev–Trinajstić information content (AvgIpc) is 0.755. The van der Waals surface area contributed by atoms with E-state index in [-0.39, 0.29) is 12.3 Å². The molecule has 0 bridgehead atoms. The molecule has 0 saturated carbocycles. The van der Waals surface area contributed by atoms with Crippen LogP contribution in [0.25, 0.3) is 0 Å².